The Morgan fingerprint density at radius 2 is 2.09 bits per heavy atom. The van der Waals surface area contributed by atoms with Gasteiger partial charge >= 0.3 is 0 Å². The van der Waals surface area contributed by atoms with Crippen molar-refractivity contribution in [3.05, 3.63) is 29.8 Å². The van der Waals surface area contributed by atoms with Crippen molar-refractivity contribution in [3.63, 3.8) is 0 Å². The predicted octanol–water partition coefficient (Wildman–Crippen LogP) is 0.842. The molecule has 0 unspecified atom stereocenters. The molecule has 0 heterocycles. The van der Waals surface area contributed by atoms with E-state index in [0.717, 1.165) is 0 Å². The molecule has 0 bridgehead atoms. The van der Waals surface area contributed by atoms with Crippen LogP contribution in [-0.4, -0.2) is 13.0 Å². The van der Waals surface area contributed by atoms with Crippen molar-refractivity contribution in [2.75, 3.05) is 0 Å². The van der Waals surface area contributed by atoms with Crippen molar-refractivity contribution in [2.45, 2.75) is 11.8 Å². The first kappa shape index (κ1) is 8.23. The molecule has 0 saturated heterocycles. The first-order valence-corrected chi connectivity index (χ1v) is 4.31. The fourth-order valence-electron chi connectivity index (χ4n) is 0.650. The zero-order chi connectivity index (χ0) is 8.48. The lowest BCUT2D eigenvalue weighted by atomic mass is 10.2. The molecule has 58 valence electrons. The Labute approximate surface area is 65.4 Å². The summed E-state index contributed by atoms with van der Waals surface area (Å²) in [5.41, 5.74) is 0.649. The predicted molar refractivity (Wildman–Crippen MR) is 38.7 cm³/mol. The third-order valence-corrected chi connectivity index (χ3v) is 1.93. The molecule has 0 amide bonds. The minimum absolute atomic E-state index is 0.214. The molecule has 1 N–H and O–H groups in total. The second-order valence-corrected chi connectivity index (χ2v) is 3.49. The van der Waals surface area contributed by atoms with Gasteiger partial charge in [-0.3, -0.25) is 4.55 Å². The molecular weight excluding hydrogens is 164 g/mol. The lowest BCUT2D eigenvalue weighted by Gasteiger charge is -1.95. The number of hydrogen-bond donors (Lipinski definition) is 1. The average molecular weight is 170 g/mol. The fraction of sp³-hybridized carbons (Fsp3) is 0.143. The highest BCUT2D eigenvalue weighted by atomic mass is 32.2. The van der Waals surface area contributed by atoms with Gasteiger partial charge in [0.1, 0.15) is 4.90 Å². The molecule has 2 radical (unpaired) electrons. The van der Waals surface area contributed by atoms with Crippen LogP contribution in [0, 0.1) is 19.1 Å². The number of benzene rings is 1. The van der Waals surface area contributed by atoms with E-state index in [-0.39, 0.29) is 4.90 Å². The summed E-state index contributed by atoms with van der Waals surface area (Å²) in [6.45, 7) is 1.68. The van der Waals surface area contributed by atoms with Crippen LogP contribution in [0.4, 0.5) is 0 Å². The van der Waals surface area contributed by atoms with Crippen molar-refractivity contribution in [1.82, 2.24) is 0 Å². The van der Waals surface area contributed by atoms with Crippen molar-refractivity contribution in [1.29, 1.82) is 0 Å². The minimum atomic E-state index is -4.10. The van der Waals surface area contributed by atoms with Gasteiger partial charge in [0.15, 0.2) is 0 Å². The molecular formula is C7H6O3S. The maximum absolute atomic E-state index is 10.5. The minimum Gasteiger partial charge on any atom is -0.282 e. The Bertz CT molecular complexity index is 354. The molecule has 0 aromatic heterocycles. The van der Waals surface area contributed by atoms with Crippen LogP contribution >= 0.6 is 0 Å². The Morgan fingerprint density at radius 1 is 1.45 bits per heavy atom. The zero-order valence-corrected chi connectivity index (χ0v) is 6.64. The van der Waals surface area contributed by atoms with E-state index in [9.17, 15) is 8.42 Å². The van der Waals surface area contributed by atoms with E-state index in [2.05, 4.69) is 12.1 Å². The highest BCUT2D eigenvalue weighted by Gasteiger charge is 2.08. The van der Waals surface area contributed by atoms with Gasteiger partial charge in [0.2, 0.25) is 0 Å². The summed E-state index contributed by atoms with van der Waals surface area (Å²) in [7, 11) is -4.10. The monoisotopic (exact) mass is 170 g/mol. The summed E-state index contributed by atoms with van der Waals surface area (Å²) in [5, 5.41) is 0. The highest BCUT2D eigenvalue weighted by molar-refractivity contribution is 7.85. The van der Waals surface area contributed by atoms with Gasteiger partial charge in [-0.25, -0.2) is 0 Å². The van der Waals surface area contributed by atoms with Crippen LogP contribution in [0.2, 0.25) is 0 Å². The van der Waals surface area contributed by atoms with Crippen LogP contribution in [0.1, 0.15) is 5.56 Å². The molecule has 1 aromatic carbocycles. The number of hydrogen-bond acceptors (Lipinski definition) is 2. The van der Waals surface area contributed by atoms with Crippen LogP contribution in [0.5, 0.6) is 0 Å². The van der Waals surface area contributed by atoms with E-state index in [0.29, 0.717) is 5.56 Å². The molecule has 0 spiro atoms. The zero-order valence-electron chi connectivity index (χ0n) is 5.83. The van der Waals surface area contributed by atoms with Crippen molar-refractivity contribution in [2.24, 2.45) is 0 Å². The topological polar surface area (TPSA) is 54.4 Å². The average Bonchev–Trinajstić information content (AvgIpc) is 1.86. The number of aryl methyl sites for hydroxylation is 1. The Balaban J connectivity index is 3.28. The van der Waals surface area contributed by atoms with Crippen LogP contribution in [0.3, 0.4) is 0 Å². The van der Waals surface area contributed by atoms with Crippen molar-refractivity contribution < 1.29 is 13.0 Å². The third kappa shape index (κ3) is 2.03. The van der Waals surface area contributed by atoms with Crippen LogP contribution < -0.4 is 0 Å². The van der Waals surface area contributed by atoms with Gasteiger partial charge in [-0.05, 0) is 30.7 Å². The molecule has 0 saturated carbocycles. The molecule has 3 nitrogen and oxygen atoms in total. The van der Waals surface area contributed by atoms with E-state index < -0.39 is 10.1 Å². The quantitative estimate of drug-likeness (QED) is 0.635. The summed E-state index contributed by atoms with van der Waals surface area (Å²) in [6, 6.07) is 7.70. The maximum atomic E-state index is 10.5. The lowest BCUT2D eigenvalue weighted by molar-refractivity contribution is 0.483. The number of rotatable bonds is 1. The standard InChI is InChI=1S/C7H6O3S/c1-6-3-2-4-7(5-6)11(8,9)10/h2,5H,1H3,(H,8,9,10). The first-order chi connectivity index (χ1) is 5.00. The van der Waals surface area contributed by atoms with Crippen molar-refractivity contribution in [3.8, 4) is 0 Å². The molecule has 1 rings (SSSR count). The normalized spacial score (nSPS) is 11.5. The summed E-state index contributed by atoms with van der Waals surface area (Å²) in [5.74, 6) is 0. The lowest BCUT2D eigenvalue weighted by Crippen LogP contribution is -1.97. The first-order valence-electron chi connectivity index (χ1n) is 2.87. The summed E-state index contributed by atoms with van der Waals surface area (Å²) in [6.07, 6.45) is 0. The summed E-state index contributed by atoms with van der Waals surface area (Å²) >= 11 is 0. The molecule has 11 heavy (non-hydrogen) atoms. The molecule has 4 heteroatoms. The molecule has 0 aliphatic rings. The Morgan fingerprint density at radius 3 is 2.45 bits per heavy atom. The van der Waals surface area contributed by atoms with Crippen molar-refractivity contribution >= 4 is 10.1 Å². The van der Waals surface area contributed by atoms with E-state index in [1.54, 1.807) is 6.92 Å². The van der Waals surface area contributed by atoms with Crippen LogP contribution in [0.15, 0.2) is 17.0 Å². The third-order valence-electron chi connectivity index (χ3n) is 1.14. The van der Waals surface area contributed by atoms with Gasteiger partial charge in [0.05, 0.1) is 0 Å². The van der Waals surface area contributed by atoms with Gasteiger partial charge in [-0.1, -0.05) is 0 Å². The molecule has 0 aliphatic carbocycles. The fourth-order valence-corrected chi connectivity index (χ4v) is 1.18. The Hall–Kier alpha value is -0.870. The maximum Gasteiger partial charge on any atom is 0.295 e. The Kier molecular flexibility index (Phi) is 1.97. The van der Waals surface area contributed by atoms with Gasteiger partial charge in [-0.15, -0.1) is 0 Å². The second kappa shape index (κ2) is 2.64. The molecule has 1 aromatic rings. The summed E-state index contributed by atoms with van der Waals surface area (Å²) < 4.78 is 29.5. The van der Waals surface area contributed by atoms with Crippen LogP contribution in [-0.2, 0) is 10.1 Å². The molecule has 0 aliphatic heterocycles. The van der Waals surface area contributed by atoms with Gasteiger partial charge < -0.3 is 0 Å². The van der Waals surface area contributed by atoms with E-state index in [1.807, 2.05) is 0 Å². The SMILES string of the molecule is Cc1[c]c[c]c(S(=O)(=O)O)c1. The van der Waals surface area contributed by atoms with Crippen LogP contribution in [0.25, 0.3) is 0 Å². The van der Waals surface area contributed by atoms with E-state index in [4.69, 9.17) is 4.55 Å². The second-order valence-electron chi connectivity index (χ2n) is 2.10. The van der Waals surface area contributed by atoms with Gasteiger partial charge in [0, 0.05) is 6.07 Å². The van der Waals surface area contributed by atoms with Gasteiger partial charge in [-0.2, -0.15) is 8.42 Å². The summed E-state index contributed by atoms with van der Waals surface area (Å²) in [4.78, 5) is -0.214. The largest absolute Gasteiger partial charge is 0.295 e. The smallest absolute Gasteiger partial charge is 0.282 e. The highest BCUT2D eigenvalue weighted by Crippen LogP contribution is 2.08. The van der Waals surface area contributed by atoms with E-state index in [1.165, 1.54) is 12.1 Å². The molecule has 0 fully saturated rings. The van der Waals surface area contributed by atoms with E-state index >= 15 is 0 Å². The molecule has 0 atom stereocenters. The van der Waals surface area contributed by atoms with Gasteiger partial charge in [0.25, 0.3) is 10.1 Å².